The van der Waals surface area contributed by atoms with Crippen molar-refractivity contribution in [3.8, 4) is 0 Å². The van der Waals surface area contributed by atoms with Gasteiger partial charge in [-0.05, 0) is 45.6 Å². The van der Waals surface area contributed by atoms with E-state index in [0.29, 0.717) is 24.0 Å². The van der Waals surface area contributed by atoms with Crippen molar-refractivity contribution in [2.24, 2.45) is 5.92 Å². The topological polar surface area (TPSA) is 33.3 Å². The van der Waals surface area contributed by atoms with Crippen LogP contribution in [-0.4, -0.2) is 37.9 Å². The van der Waals surface area contributed by atoms with E-state index in [1.807, 2.05) is 0 Å². The van der Waals surface area contributed by atoms with Gasteiger partial charge in [0, 0.05) is 24.7 Å². The highest BCUT2D eigenvalue weighted by molar-refractivity contribution is 4.80. The van der Waals surface area contributed by atoms with Gasteiger partial charge in [-0.15, -0.1) is 0 Å². The quantitative estimate of drug-likeness (QED) is 0.700. The van der Waals surface area contributed by atoms with Crippen molar-refractivity contribution >= 4 is 0 Å². The maximum atomic E-state index is 5.57. The molecule has 0 radical (unpaired) electrons. The van der Waals surface area contributed by atoms with Gasteiger partial charge in [0.05, 0.1) is 6.61 Å². The smallest absolute Gasteiger partial charge is 0.0622 e. The van der Waals surface area contributed by atoms with Crippen LogP contribution in [0.1, 0.15) is 53.4 Å². The van der Waals surface area contributed by atoms with Crippen molar-refractivity contribution in [3.05, 3.63) is 0 Å². The second kappa shape index (κ2) is 8.89. The van der Waals surface area contributed by atoms with Gasteiger partial charge in [0.1, 0.15) is 0 Å². The van der Waals surface area contributed by atoms with Crippen LogP contribution in [0.5, 0.6) is 0 Å². The maximum absolute atomic E-state index is 5.57. The van der Waals surface area contributed by atoms with E-state index in [-0.39, 0.29) is 0 Å². The van der Waals surface area contributed by atoms with Crippen LogP contribution in [0.25, 0.3) is 0 Å². The van der Waals surface area contributed by atoms with Gasteiger partial charge < -0.3 is 15.4 Å². The Kier molecular flexibility index (Phi) is 7.87. The SMILES string of the molecule is CCOCC(NC(C)CC1CCCCN1)C(C)C. The molecule has 108 valence electrons. The molecule has 0 spiro atoms. The van der Waals surface area contributed by atoms with E-state index in [0.717, 1.165) is 13.2 Å². The molecule has 0 saturated carbocycles. The Morgan fingerprint density at radius 3 is 2.61 bits per heavy atom. The van der Waals surface area contributed by atoms with Crippen LogP contribution in [0.15, 0.2) is 0 Å². The highest BCUT2D eigenvalue weighted by atomic mass is 16.5. The first kappa shape index (κ1) is 15.9. The minimum absolute atomic E-state index is 0.476. The van der Waals surface area contributed by atoms with Gasteiger partial charge in [-0.25, -0.2) is 0 Å². The molecule has 1 aliphatic rings. The summed E-state index contributed by atoms with van der Waals surface area (Å²) in [5.41, 5.74) is 0. The second-order valence-electron chi connectivity index (χ2n) is 5.96. The predicted octanol–water partition coefficient (Wildman–Crippen LogP) is 2.56. The largest absolute Gasteiger partial charge is 0.380 e. The molecule has 1 rings (SSSR count). The van der Waals surface area contributed by atoms with Gasteiger partial charge in [0.25, 0.3) is 0 Å². The van der Waals surface area contributed by atoms with Gasteiger partial charge in [-0.2, -0.15) is 0 Å². The fourth-order valence-electron chi connectivity index (χ4n) is 2.66. The zero-order valence-corrected chi connectivity index (χ0v) is 12.7. The minimum Gasteiger partial charge on any atom is -0.380 e. The standard InChI is InChI=1S/C15H32N2O/c1-5-18-11-15(12(2)3)17-13(4)10-14-8-6-7-9-16-14/h12-17H,5-11H2,1-4H3. The molecule has 0 aromatic rings. The molecule has 0 bridgehead atoms. The van der Waals surface area contributed by atoms with E-state index in [9.17, 15) is 0 Å². The predicted molar refractivity (Wildman–Crippen MR) is 78.0 cm³/mol. The van der Waals surface area contributed by atoms with Crippen molar-refractivity contribution < 1.29 is 4.74 Å². The monoisotopic (exact) mass is 256 g/mol. The molecule has 1 saturated heterocycles. The zero-order chi connectivity index (χ0) is 13.4. The third-order valence-electron chi connectivity index (χ3n) is 3.86. The lowest BCUT2D eigenvalue weighted by Gasteiger charge is -2.30. The van der Waals surface area contributed by atoms with Crippen molar-refractivity contribution in [3.63, 3.8) is 0 Å². The Hall–Kier alpha value is -0.120. The molecule has 0 amide bonds. The third-order valence-corrected chi connectivity index (χ3v) is 3.86. The first-order valence-corrected chi connectivity index (χ1v) is 7.70. The van der Waals surface area contributed by atoms with E-state index < -0.39 is 0 Å². The summed E-state index contributed by atoms with van der Waals surface area (Å²) in [6.07, 6.45) is 5.30. The highest BCUT2D eigenvalue weighted by Crippen LogP contribution is 2.13. The van der Waals surface area contributed by atoms with Crippen LogP contribution in [-0.2, 0) is 4.74 Å². The lowest BCUT2D eigenvalue weighted by molar-refractivity contribution is 0.103. The van der Waals surface area contributed by atoms with Crippen LogP contribution < -0.4 is 10.6 Å². The Morgan fingerprint density at radius 1 is 1.28 bits per heavy atom. The van der Waals surface area contributed by atoms with Gasteiger partial charge in [0.2, 0.25) is 0 Å². The van der Waals surface area contributed by atoms with E-state index in [2.05, 4.69) is 38.3 Å². The first-order valence-electron chi connectivity index (χ1n) is 7.70. The molecule has 0 aliphatic carbocycles. The average molecular weight is 256 g/mol. The van der Waals surface area contributed by atoms with Crippen LogP contribution >= 0.6 is 0 Å². The van der Waals surface area contributed by atoms with E-state index in [1.165, 1.54) is 32.2 Å². The number of rotatable bonds is 8. The normalized spacial score (nSPS) is 24.2. The van der Waals surface area contributed by atoms with Crippen LogP contribution in [0.2, 0.25) is 0 Å². The minimum atomic E-state index is 0.476. The van der Waals surface area contributed by atoms with Gasteiger partial charge in [-0.1, -0.05) is 20.3 Å². The number of piperidine rings is 1. The molecule has 18 heavy (non-hydrogen) atoms. The van der Waals surface area contributed by atoms with Gasteiger partial charge >= 0.3 is 0 Å². The summed E-state index contributed by atoms with van der Waals surface area (Å²) in [5.74, 6) is 0.623. The average Bonchev–Trinajstić information content (AvgIpc) is 2.35. The number of ether oxygens (including phenoxy) is 1. The van der Waals surface area contributed by atoms with Crippen LogP contribution in [0, 0.1) is 5.92 Å². The summed E-state index contributed by atoms with van der Waals surface area (Å²) in [6.45, 7) is 11.7. The molecule has 1 fully saturated rings. The summed E-state index contributed by atoms with van der Waals surface area (Å²) in [6, 6.07) is 1.75. The van der Waals surface area contributed by atoms with Gasteiger partial charge in [0.15, 0.2) is 0 Å². The third kappa shape index (κ3) is 6.17. The summed E-state index contributed by atoms with van der Waals surface area (Å²) in [7, 11) is 0. The van der Waals surface area contributed by atoms with E-state index >= 15 is 0 Å². The Bertz CT molecular complexity index is 203. The molecular weight excluding hydrogens is 224 g/mol. The van der Waals surface area contributed by atoms with Crippen molar-refractivity contribution in [2.75, 3.05) is 19.8 Å². The van der Waals surface area contributed by atoms with Crippen molar-refractivity contribution in [1.82, 2.24) is 10.6 Å². The molecule has 1 aliphatic heterocycles. The summed E-state index contributed by atoms with van der Waals surface area (Å²) < 4.78 is 5.57. The Labute approximate surface area is 113 Å². The van der Waals surface area contributed by atoms with Gasteiger partial charge in [-0.3, -0.25) is 0 Å². The van der Waals surface area contributed by atoms with Crippen molar-refractivity contribution in [1.29, 1.82) is 0 Å². The fourth-order valence-corrected chi connectivity index (χ4v) is 2.66. The molecule has 3 nitrogen and oxygen atoms in total. The highest BCUT2D eigenvalue weighted by Gasteiger charge is 2.19. The lowest BCUT2D eigenvalue weighted by Crippen LogP contribution is -2.46. The molecule has 3 heteroatoms. The Morgan fingerprint density at radius 2 is 2.06 bits per heavy atom. The van der Waals surface area contributed by atoms with E-state index in [4.69, 9.17) is 4.74 Å². The number of nitrogens with one attached hydrogen (secondary N) is 2. The maximum Gasteiger partial charge on any atom is 0.0622 e. The molecule has 0 aromatic heterocycles. The first-order chi connectivity index (χ1) is 8.63. The van der Waals surface area contributed by atoms with Crippen LogP contribution in [0.3, 0.4) is 0 Å². The Balaban J connectivity index is 2.28. The molecular formula is C15H32N2O. The molecule has 3 unspecified atom stereocenters. The second-order valence-corrected chi connectivity index (χ2v) is 5.96. The summed E-state index contributed by atoms with van der Waals surface area (Å²) in [4.78, 5) is 0. The van der Waals surface area contributed by atoms with E-state index in [1.54, 1.807) is 0 Å². The number of hydrogen-bond acceptors (Lipinski definition) is 3. The number of hydrogen-bond donors (Lipinski definition) is 2. The molecule has 1 heterocycles. The molecule has 3 atom stereocenters. The lowest BCUT2D eigenvalue weighted by atomic mass is 9.97. The molecule has 0 aromatic carbocycles. The molecule has 2 N–H and O–H groups in total. The van der Waals surface area contributed by atoms with Crippen LogP contribution in [0.4, 0.5) is 0 Å². The fraction of sp³-hybridized carbons (Fsp3) is 1.00. The summed E-state index contributed by atoms with van der Waals surface area (Å²) in [5, 5.41) is 7.36. The van der Waals surface area contributed by atoms with Crippen molar-refractivity contribution in [2.45, 2.75) is 71.5 Å². The zero-order valence-electron chi connectivity index (χ0n) is 12.7. The summed E-state index contributed by atoms with van der Waals surface area (Å²) >= 11 is 0.